The lowest BCUT2D eigenvalue weighted by Gasteiger charge is -2.09. The van der Waals surface area contributed by atoms with Crippen LogP contribution in [0.1, 0.15) is 15.9 Å². The maximum absolute atomic E-state index is 13.3. The van der Waals surface area contributed by atoms with Crippen LogP contribution >= 0.6 is 15.9 Å². The molecule has 0 aliphatic heterocycles. The van der Waals surface area contributed by atoms with Crippen LogP contribution in [-0.2, 0) is 0 Å². The molecule has 5 heteroatoms. The number of nitrogens with zero attached hydrogens (tertiary/aromatic N) is 1. The Balaban J connectivity index is 2.42. The molecule has 0 unspecified atom stereocenters. The summed E-state index contributed by atoms with van der Waals surface area (Å²) >= 11 is 3.23. The lowest BCUT2D eigenvalue weighted by molar-refractivity contribution is 0.112. The van der Waals surface area contributed by atoms with Gasteiger partial charge in [-0.25, -0.2) is 4.39 Å². The van der Waals surface area contributed by atoms with Crippen molar-refractivity contribution in [2.75, 3.05) is 0 Å². The summed E-state index contributed by atoms with van der Waals surface area (Å²) in [5.74, 6) is -0.117. The first-order valence-electron chi connectivity index (χ1n) is 5.26. The standard InChI is InChI=1S/C14H7BrFNO2/c15-13-2-1-3-14(12(13)8-18)19-11-5-9(7-17)4-10(16)6-11/h1-6,8H. The summed E-state index contributed by atoms with van der Waals surface area (Å²) in [4.78, 5) is 11.0. The number of aldehydes is 1. The van der Waals surface area contributed by atoms with Gasteiger partial charge in [-0.1, -0.05) is 6.07 Å². The highest BCUT2D eigenvalue weighted by molar-refractivity contribution is 9.10. The summed E-state index contributed by atoms with van der Waals surface area (Å²) in [5, 5.41) is 8.76. The number of nitriles is 1. The number of rotatable bonds is 3. The predicted octanol–water partition coefficient (Wildman–Crippen LogP) is 4.06. The van der Waals surface area contributed by atoms with Crippen LogP contribution in [0.15, 0.2) is 40.9 Å². The van der Waals surface area contributed by atoms with Gasteiger partial charge in [0.05, 0.1) is 17.2 Å². The fourth-order valence-corrected chi connectivity index (χ4v) is 1.98. The minimum atomic E-state index is -0.573. The molecule has 0 saturated carbocycles. The molecule has 2 rings (SSSR count). The Hall–Kier alpha value is -2.19. The van der Waals surface area contributed by atoms with Crippen molar-refractivity contribution in [1.29, 1.82) is 5.26 Å². The molecule has 2 aromatic rings. The summed E-state index contributed by atoms with van der Waals surface area (Å²) < 4.78 is 19.3. The molecule has 0 bridgehead atoms. The quantitative estimate of drug-likeness (QED) is 0.801. The molecule has 0 N–H and O–H groups in total. The van der Waals surface area contributed by atoms with Crippen molar-refractivity contribution in [2.24, 2.45) is 0 Å². The van der Waals surface area contributed by atoms with Gasteiger partial charge in [-0.3, -0.25) is 4.79 Å². The molecular formula is C14H7BrFNO2. The van der Waals surface area contributed by atoms with Crippen LogP contribution in [-0.4, -0.2) is 6.29 Å². The summed E-state index contributed by atoms with van der Waals surface area (Å²) in [7, 11) is 0. The fourth-order valence-electron chi connectivity index (χ4n) is 1.53. The van der Waals surface area contributed by atoms with E-state index in [1.54, 1.807) is 18.2 Å². The molecule has 0 saturated heterocycles. The van der Waals surface area contributed by atoms with E-state index in [0.29, 0.717) is 22.1 Å². The molecule has 94 valence electrons. The summed E-state index contributed by atoms with van der Waals surface area (Å²) in [6, 6.07) is 10.5. The first-order chi connectivity index (χ1) is 9.13. The third-order valence-electron chi connectivity index (χ3n) is 2.36. The molecule has 0 aliphatic carbocycles. The second-order valence-electron chi connectivity index (χ2n) is 3.66. The van der Waals surface area contributed by atoms with Gasteiger partial charge < -0.3 is 4.74 Å². The summed E-state index contributed by atoms with van der Waals surface area (Å²) in [5.41, 5.74) is 0.475. The van der Waals surface area contributed by atoms with E-state index in [-0.39, 0.29) is 11.3 Å². The molecular weight excluding hydrogens is 313 g/mol. The largest absolute Gasteiger partial charge is 0.456 e. The Morgan fingerprint density at radius 1 is 1.32 bits per heavy atom. The van der Waals surface area contributed by atoms with E-state index in [1.807, 2.05) is 6.07 Å². The van der Waals surface area contributed by atoms with Gasteiger partial charge in [0, 0.05) is 10.5 Å². The molecule has 0 spiro atoms. The lowest BCUT2D eigenvalue weighted by atomic mass is 10.2. The number of hydrogen-bond donors (Lipinski definition) is 0. The van der Waals surface area contributed by atoms with Crippen molar-refractivity contribution in [2.45, 2.75) is 0 Å². The Labute approximate surface area is 117 Å². The molecule has 0 aromatic heterocycles. The number of benzene rings is 2. The third kappa shape index (κ3) is 2.98. The van der Waals surface area contributed by atoms with E-state index in [9.17, 15) is 9.18 Å². The molecule has 0 radical (unpaired) electrons. The van der Waals surface area contributed by atoms with Crippen molar-refractivity contribution in [3.63, 3.8) is 0 Å². The van der Waals surface area contributed by atoms with Gasteiger partial charge in [-0.15, -0.1) is 0 Å². The van der Waals surface area contributed by atoms with Crippen molar-refractivity contribution >= 4 is 22.2 Å². The molecule has 0 fully saturated rings. The van der Waals surface area contributed by atoms with Crippen molar-refractivity contribution in [1.82, 2.24) is 0 Å². The maximum Gasteiger partial charge on any atom is 0.154 e. The molecule has 0 aliphatic rings. The van der Waals surface area contributed by atoms with Crippen molar-refractivity contribution in [3.05, 3.63) is 57.8 Å². The maximum atomic E-state index is 13.3. The second kappa shape index (κ2) is 5.63. The lowest BCUT2D eigenvalue weighted by Crippen LogP contribution is -1.93. The molecule has 0 atom stereocenters. The smallest absolute Gasteiger partial charge is 0.154 e. The highest BCUT2D eigenvalue weighted by atomic mass is 79.9. The number of halogens is 2. The monoisotopic (exact) mass is 319 g/mol. The van der Waals surface area contributed by atoms with E-state index in [4.69, 9.17) is 10.00 Å². The Morgan fingerprint density at radius 3 is 2.79 bits per heavy atom. The van der Waals surface area contributed by atoms with Gasteiger partial charge in [-0.05, 0) is 40.2 Å². The molecule has 2 aromatic carbocycles. The molecule has 0 amide bonds. The number of hydrogen-bond acceptors (Lipinski definition) is 3. The minimum absolute atomic E-state index is 0.151. The fraction of sp³-hybridized carbons (Fsp3) is 0. The zero-order valence-electron chi connectivity index (χ0n) is 9.56. The molecule has 0 heterocycles. The summed E-state index contributed by atoms with van der Waals surface area (Å²) in [6.07, 6.45) is 0.643. The topological polar surface area (TPSA) is 50.1 Å². The van der Waals surface area contributed by atoms with Gasteiger partial charge in [0.25, 0.3) is 0 Å². The van der Waals surface area contributed by atoms with E-state index in [1.165, 1.54) is 6.07 Å². The van der Waals surface area contributed by atoms with E-state index < -0.39 is 5.82 Å². The van der Waals surface area contributed by atoms with Crippen molar-refractivity contribution in [3.8, 4) is 17.6 Å². The normalized spacial score (nSPS) is 9.74. The highest BCUT2D eigenvalue weighted by Gasteiger charge is 2.09. The molecule has 3 nitrogen and oxygen atoms in total. The predicted molar refractivity (Wildman–Crippen MR) is 70.7 cm³/mol. The summed E-state index contributed by atoms with van der Waals surface area (Å²) in [6.45, 7) is 0. The third-order valence-corrected chi connectivity index (χ3v) is 3.05. The van der Waals surface area contributed by atoms with E-state index >= 15 is 0 Å². The van der Waals surface area contributed by atoms with Gasteiger partial charge in [-0.2, -0.15) is 5.26 Å². The minimum Gasteiger partial charge on any atom is -0.456 e. The SMILES string of the molecule is N#Cc1cc(F)cc(Oc2cccc(Br)c2C=O)c1. The van der Waals surface area contributed by atoms with Crippen LogP contribution in [0.5, 0.6) is 11.5 Å². The van der Waals surface area contributed by atoms with E-state index in [2.05, 4.69) is 15.9 Å². The first-order valence-corrected chi connectivity index (χ1v) is 6.05. The van der Waals surface area contributed by atoms with Crippen LogP contribution in [0.25, 0.3) is 0 Å². The second-order valence-corrected chi connectivity index (χ2v) is 4.51. The van der Waals surface area contributed by atoms with E-state index in [0.717, 1.165) is 12.1 Å². The zero-order valence-corrected chi connectivity index (χ0v) is 11.1. The average molecular weight is 320 g/mol. The number of ether oxygens (including phenoxy) is 1. The Morgan fingerprint density at radius 2 is 2.11 bits per heavy atom. The van der Waals surface area contributed by atoms with Crippen LogP contribution in [0.4, 0.5) is 4.39 Å². The van der Waals surface area contributed by atoms with Gasteiger partial charge >= 0.3 is 0 Å². The van der Waals surface area contributed by atoms with Crippen LogP contribution < -0.4 is 4.74 Å². The van der Waals surface area contributed by atoms with Crippen molar-refractivity contribution < 1.29 is 13.9 Å². The highest BCUT2D eigenvalue weighted by Crippen LogP contribution is 2.30. The van der Waals surface area contributed by atoms with Crippen LogP contribution in [0.3, 0.4) is 0 Å². The van der Waals surface area contributed by atoms with Gasteiger partial charge in [0.15, 0.2) is 6.29 Å². The number of carbonyl (C=O) groups excluding carboxylic acids is 1. The Kier molecular flexibility index (Phi) is 3.93. The van der Waals surface area contributed by atoms with Crippen LogP contribution in [0, 0.1) is 17.1 Å². The average Bonchev–Trinajstić information content (AvgIpc) is 2.38. The van der Waals surface area contributed by atoms with Gasteiger partial charge in [0.1, 0.15) is 17.3 Å². The number of carbonyl (C=O) groups is 1. The van der Waals surface area contributed by atoms with Gasteiger partial charge in [0.2, 0.25) is 0 Å². The first kappa shape index (κ1) is 13.2. The Bertz CT molecular complexity index is 680. The zero-order chi connectivity index (χ0) is 13.8. The van der Waals surface area contributed by atoms with Crippen LogP contribution in [0.2, 0.25) is 0 Å². The molecule has 19 heavy (non-hydrogen) atoms.